The van der Waals surface area contributed by atoms with Crippen LogP contribution in [0.5, 0.6) is 0 Å². The second kappa shape index (κ2) is 10.7. The number of hydrogen-bond acceptors (Lipinski definition) is 2. The van der Waals surface area contributed by atoms with E-state index >= 15 is 0 Å². The van der Waals surface area contributed by atoms with Crippen LogP contribution in [-0.4, -0.2) is 49.6 Å². The summed E-state index contributed by atoms with van der Waals surface area (Å²) in [6, 6.07) is 1.08. The summed E-state index contributed by atoms with van der Waals surface area (Å²) in [6.07, 6.45) is 3.81. The lowest BCUT2D eigenvalue weighted by atomic mass is 10.0. The molecule has 0 aromatic heterocycles. The standard InChI is InChI=1S/C15H32N4.HI/c1-6-13(4)18-15(16-5)17-11-14(12(2)3)19-9-7-8-10-19;/h12-14H,6-11H2,1-5H3,(H2,16,17,18);1H. The Bertz CT molecular complexity index is 275. The molecule has 0 bridgehead atoms. The van der Waals surface area contributed by atoms with Gasteiger partial charge in [0.15, 0.2) is 5.96 Å². The highest BCUT2D eigenvalue weighted by molar-refractivity contribution is 14.0. The summed E-state index contributed by atoms with van der Waals surface area (Å²) in [4.78, 5) is 6.93. The van der Waals surface area contributed by atoms with E-state index in [9.17, 15) is 0 Å². The average Bonchev–Trinajstić information content (AvgIpc) is 2.90. The van der Waals surface area contributed by atoms with E-state index in [1.807, 2.05) is 7.05 Å². The number of likely N-dealkylation sites (tertiary alicyclic amines) is 1. The van der Waals surface area contributed by atoms with Crippen LogP contribution in [0.3, 0.4) is 0 Å². The van der Waals surface area contributed by atoms with Gasteiger partial charge in [-0.15, -0.1) is 24.0 Å². The second-order valence-electron chi connectivity index (χ2n) is 5.96. The van der Waals surface area contributed by atoms with E-state index < -0.39 is 0 Å². The van der Waals surface area contributed by atoms with Gasteiger partial charge in [-0.2, -0.15) is 0 Å². The summed E-state index contributed by atoms with van der Waals surface area (Å²) in [5.74, 6) is 1.60. The van der Waals surface area contributed by atoms with Gasteiger partial charge in [0.1, 0.15) is 0 Å². The maximum atomic E-state index is 4.31. The summed E-state index contributed by atoms with van der Waals surface area (Å²) in [5.41, 5.74) is 0. The SMILES string of the molecule is CCC(C)NC(=NC)NCC(C(C)C)N1CCCC1.I. The van der Waals surface area contributed by atoms with Crippen LogP contribution in [0.15, 0.2) is 4.99 Å². The summed E-state index contributed by atoms with van der Waals surface area (Å²) in [5, 5.41) is 6.91. The number of aliphatic imine (C=N–C) groups is 1. The summed E-state index contributed by atoms with van der Waals surface area (Å²) in [6.45, 7) is 12.5. The van der Waals surface area contributed by atoms with Gasteiger partial charge in [-0.1, -0.05) is 20.8 Å². The number of guanidine groups is 1. The van der Waals surface area contributed by atoms with Gasteiger partial charge < -0.3 is 10.6 Å². The van der Waals surface area contributed by atoms with Crippen LogP contribution in [-0.2, 0) is 0 Å². The molecule has 1 heterocycles. The van der Waals surface area contributed by atoms with Crippen LogP contribution >= 0.6 is 24.0 Å². The number of rotatable bonds is 6. The van der Waals surface area contributed by atoms with Crippen LogP contribution < -0.4 is 10.6 Å². The molecule has 1 aliphatic heterocycles. The number of nitrogens with one attached hydrogen (secondary N) is 2. The van der Waals surface area contributed by atoms with E-state index in [4.69, 9.17) is 0 Å². The Hall–Kier alpha value is -0.0400. The summed E-state index contributed by atoms with van der Waals surface area (Å²) in [7, 11) is 1.85. The van der Waals surface area contributed by atoms with Crippen molar-refractivity contribution < 1.29 is 0 Å². The smallest absolute Gasteiger partial charge is 0.191 e. The summed E-state index contributed by atoms with van der Waals surface area (Å²) >= 11 is 0. The fourth-order valence-corrected chi connectivity index (χ4v) is 2.59. The molecule has 0 aromatic rings. The highest BCUT2D eigenvalue weighted by Crippen LogP contribution is 2.17. The topological polar surface area (TPSA) is 39.7 Å². The molecule has 4 nitrogen and oxygen atoms in total. The molecule has 1 fully saturated rings. The average molecular weight is 396 g/mol. The lowest BCUT2D eigenvalue weighted by Gasteiger charge is -2.31. The lowest BCUT2D eigenvalue weighted by molar-refractivity contribution is 0.192. The molecular formula is C15H33IN4. The van der Waals surface area contributed by atoms with Crippen LogP contribution in [0.25, 0.3) is 0 Å². The molecule has 5 heteroatoms. The third-order valence-corrected chi connectivity index (χ3v) is 4.08. The minimum Gasteiger partial charge on any atom is -0.355 e. The van der Waals surface area contributed by atoms with E-state index in [0.29, 0.717) is 18.0 Å². The molecule has 2 unspecified atom stereocenters. The van der Waals surface area contributed by atoms with Crippen molar-refractivity contribution in [1.29, 1.82) is 0 Å². The highest BCUT2D eigenvalue weighted by atomic mass is 127. The van der Waals surface area contributed by atoms with Crippen molar-refractivity contribution in [1.82, 2.24) is 15.5 Å². The van der Waals surface area contributed by atoms with E-state index in [1.54, 1.807) is 0 Å². The fraction of sp³-hybridized carbons (Fsp3) is 0.933. The third kappa shape index (κ3) is 6.61. The van der Waals surface area contributed by atoms with E-state index in [1.165, 1.54) is 25.9 Å². The summed E-state index contributed by atoms with van der Waals surface area (Å²) < 4.78 is 0. The maximum Gasteiger partial charge on any atom is 0.191 e. The molecule has 2 atom stereocenters. The monoisotopic (exact) mass is 396 g/mol. The predicted molar refractivity (Wildman–Crippen MR) is 99.1 cm³/mol. The zero-order valence-corrected chi connectivity index (χ0v) is 16.1. The van der Waals surface area contributed by atoms with E-state index in [0.717, 1.165) is 18.9 Å². The van der Waals surface area contributed by atoms with Crippen LogP contribution in [0.4, 0.5) is 0 Å². The molecule has 0 spiro atoms. The third-order valence-electron chi connectivity index (χ3n) is 4.08. The number of nitrogens with zero attached hydrogens (tertiary/aromatic N) is 2. The Labute approximate surface area is 142 Å². The first kappa shape index (κ1) is 20.0. The molecule has 1 saturated heterocycles. The predicted octanol–water partition coefficient (Wildman–Crippen LogP) is 2.69. The van der Waals surface area contributed by atoms with Gasteiger partial charge in [0, 0.05) is 25.7 Å². The van der Waals surface area contributed by atoms with Crippen molar-refractivity contribution in [2.45, 2.75) is 59.0 Å². The Kier molecular flexibility index (Phi) is 10.6. The lowest BCUT2D eigenvalue weighted by Crippen LogP contribution is -2.50. The maximum absolute atomic E-state index is 4.31. The van der Waals surface area contributed by atoms with Gasteiger partial charge in [0.05, 0.1) is 0 Å². The van der Waals surface area contributed by atoms with Gasteiger partial charge in [-0.25, -0.2) is 0 Å². The van der Waals surface area contributed by atoms with Crippen LogP contribution in [0, 0.1) is 5.92 Å². The molecule has 0 radical (unpaired) electrons. The minimum atomic E-state index is 0. The first-order valence-electron chi connectivity index (χ1n) is 7.79. The number of hydrogen-bond donors (Lipinski definition) is 2. The van der Waals surface area contributed by atoms with Gasteiger partial charge in [0.2, 0.25) is 0 Å². The quantitative estimate of drug-likeness (QED) is 0.412. The molecule has 20 heavy (non-hydrogen) atoms. The van der Waals surface area contributed by atoms with Gasteiger partial charge in [0.25, 0.3) is 0 Å². The molecule has 0 saturated carbocycles. The molecule has 2 N–H and O–H groups in total. The molecular weight excluding hydrogens is 363 g/mol. The van der Waals surface area contributed by atoms with Crippen molar-refractivity contribution >= 4 is 29.9 Å². The first-order chi connectivity index (χ1) is 9.08. The van der Waals surface area contributed by atoms with E-state index in [-0.39, 0.29) is 24.0 Å². The first-order valence-corrected chi connectivity index (χ1v) is 7.79. The zero-order chi connectivity index (χ0) is 14.3. The highest BCUT2D eigenvalue weighted by Gasteiger charge is 2.24. The Balaban J connectivity index is 0.00000361. The second-order valence-corrected chi connectivity index (χ2v) is 5.96. The van der Waals surface area contributed by atoms with E-state index in [2.05, 4.69) is 48.2 Å². The molecule has 0 aromatic carbocycles. The molecule has 1 aliphatic rings. The zero-order valence-electron chi connectivity index (χ0n) is 13.8. The molecule has 0 amide bonds. The van der Waals surface area contributed by atoms with Gasteiger partial charge >= 0.3 is 0 Å². The number of halogens is 1. The van der Waals surface area contributed by atoms with Crippen molar-refractivity contribution in [3.8, 4) is 0 Å². The van der Waals surface area contributed by atoms with Crippen LogP contribution in [0.1, 0.15) is 47.0 Å². The minimum absolute atomic E-state index is 0. The molecule has 1 rings (SSSR count). The Morgan fingerprint density at radius 2 is 1.80 bits per heavy atom. The van der Waals surface area contributed by atoms with Crippen molar-refractivity contribution in [2.75, 3.05) is 26.7 Å². The van der Waals surface area contributed by atoms with Crippen molar-refractivity contribution in [2.24, 2.45) is 10.9 Å². The Morgan fingerprint density at radius 3 is 2.25 bits per heavy atom. The normalized spacial score (nSPS) is 19.6. The molecule has 0 aliphatic carbocycles. The van der Waals surface area contributed by atoms with Crippen LogP contribution in [0.2, 0.25) is 0 Å². The van der Waals surface area contributed by atoms with Gasteiger partial charge in [-0.3, -0.25) is 9.89 Å². The van der Waals surface area contributed by atoms with Gasteiger partial charge in [-0.05, 0) is 45.2 Å². The molecule has 120 valence electrons. The van der Waals surface area contributed by atoms with Crippen molar-refractivity contribution in [3.63, 3.8) is 0 Å². The van der Waals surface area contributed by atoms with Crippen molar-refractivity contribution in [3.05, 3.63) is 0 Å². The Morgan fingerprint density at radius 1 is 1.20 bits per heavy atom. The largest absolute Gasteiger partial charge is 0.355 e. The fourth-order valence-electron chi connectivity index (χ4n) is 2.59.